The number of allylic oxidation sites excluding steroid dienone is 3. The predicted octanol–water partition coefficient (Wildman–Crippen LogP) is 3.51. The summed E-state index contributed by atoms with van der Waals surface area (Å²) in [5.74, 6) is 2.01. The normalized spacial score (nSPS) is 21.0. The van der Waals surface area contributed by atoms with E-state index in [0.717, 1.165) is 11.1 Å². The van der Waals surface area contributed by atoms with Gasteiger partial charge in [-0.05, 0) is 37.0 Å². The Kier molecular flexibility index (Phi) is 7.95. The van der Waals surface area contributed by atoms with Crippen LogP contribution in [0.3, 0.4) is 0 Å². The number of aliphatic hydroxyl groups excluding tert-OH is 1. The minimum Gasteiger partial charge on any atom is -0.491 e. The fourth-order valence-corrected chi connectivity index (χ4v) is 4.34. The molecule has 156 valence electrons. The number of fused-ring (bicyclic) bond motifs is 1. The van der Waals surface area contributed by atoms with Crippen molar-refractivity contribution < 1.29 is 24.2 Å². The van der Waals surface area contributed by atoms with Gasteiger partial charge < -0.3 is 14.6 Å². The molecule has 2 aliphatic rings. The van der Waals surface area contributed by atoms with Gasteiger partial charge in [-0.15, -0.1) is 6.42 Å². The third kappa shape index (κ3) is 6.12. The first kappa shape index (κ1) is 21.9. The highest BCUT2D eigenvalue weighted by Crippen LogP contribution is 2.39. The van der Waals surface area contributed by atoms with Crippen molar-refractivity contribution >= 4 is 28.4 Å². The van der Waals surface area contributed by atoms with E-state index in [0.29, 0.717) is 25.0 Å². The molecule has 1 aliphatic carbocycles. The van der Waals surface area contributed by atoms with Crippen LogP contribution in [0, 0.1) is 18.3 Å². The van der Waals surface area contributed by atoms with Gasteiger partial charge in [-0.25, -0.2) is 4.79 Å². The number of benzene rings is 1. The standard InChI is InChI=1S/C24H24O5S/c1-2-23(26)28-13-7-6-10-19(25)16-29-20-12-11-18-14-21(17-8-4-3-5-9-17)24(27)30-22(18)15-20/h1,3-5,8-9,11-12,14-15,18-19,22,25H,6-7,10,13,16H2. The quantitative estimate of drug-likeness (QED) is 0.283. The largest absolute Gasteiger partial charge is 0.491 e. The van der Waals surface area contributed by atoms with Gasteiger partial charge in [0.1, 0.15) is 12.4 Å². The van der Waals surface area contributed by atoms with E-state index < -0.39 is 12.1 Å². The first-order valence-electron chi connectivity index (χ1n) is 9.89. The summed E-state index contributed by atoms with van der Waals surface area (Å²) in [5.41, 5.74) is 1.68. The molecular formula is C24H24O5S. The molecule has 1 aliphatic heterocycles. The second-order valence-corrected chi connectivity index (χ2v) is 8.21. The highest BCUT2D eigenvalue weighted by atomic mass is 32.2. The second kappa shape index (κ2) is 10.9. The van der Waals surface area contributed by atoms with Gasteiger partial charge in [0.25, 0.3) is 0 Å². The molecule has 3 unspecified atom stereocenters. The van der Waals surface area contributed by atoms with Crippen molar-refractivity contribution in [1.29, 1.82) is 0 Å². The van der Waals surface area contributed by atoms with E-state index in [1.54, 1.807) is 0 Å². The van der Waals surface area contributed by atoms with Crippen LogP contribution in [0.25, 0.3) is 5.57 Å². The number of carbonyl (C=O) groups is 2. The number of hydrogen-bond acceptors (Lipinski definition) is 6. The molecule has 1 aromatic carbocycles. The molecule has 1 heterocycles. The highest BCUT2D eigenvalue weighted by Gasteiger charge is 2.31. The van der Waals surface area contributed by atoms with Crippen LogP contribution in [-0.4, -0.2) is 40.8 Å². The highest BCUT2D eigenvalue weighted by molar-refractivity contribution is 8.15. The van der Waals surface area contributed by atoms with E-state index >= 15 is 0 Å². The van der Waals surface area contributed by atoms with Gasteiger partial charge in [0.05, 0.1) is 12.7 Å². The molecule has 30 heavy (non-hydrogen) atoms. The Bertz CT molecular complexity index is 894. The molecule has 0 saturated heterocycles. The van der Waals surface area contributed by atoms with Crippen molar-refractivity contribution in [3.05, 3.63) is 66.0 Å². The lowest BCUT2D eigenvalue weighted by Crippen LogP contribution is -2.23. The Morgan fingerprint density at radius 3 is 2.80 bits per heavy atom. The van der Waals surface area contributed by atoms with Crippen molar-refractivity contribution in [2.24, 2.45) is 5.92 Å². The van der Waals surface area contributed by atoms with Crippen LogP contribution in [0.4, 0.5) is 0 Å². The molecule has 6 heteroatoms. The fraction of sp³-hybridized carbons (Fsp3) is 0.333. The molecule has 0 fully saturated rings. The lowest BCUT2D eigenvalue weighted by molar-refractivity contribution is -0.136. The third-order valence-corrected chi connectivity index (χ3v) is 5.98. The summed E-state index contributed by atoms with van der Waals surface area (Å²) in [7, 11) is 0. The number of esters is 1. The minimum absolute atomic E-state index is 0.00653. The third-order valence-electron chi connectivity index (χ3n) is 4.82. The molecule has 3 rings (SSSR count). The molecule has 0 bridgehead atoms. The van der Waals surface area contributed by atoms with Crippen molar-refractivity contribution in [2.75, 3.05) is 13.2 Å². The Morgan fingerprint density at radius 1 is 1.23 bits per heavy atom. The molecule has 0 saturated carbocycles. The summed E-state index contributed by atoms with van der Waals surface area (Å²) < 4.78 is 10.5. The molecule has 0 spiro atoms. The zero-order valence-electron chi connectivity index (χ0n) is 16.5. The number of rotatable bonds is 9. The molecule has 0 radical (unpaired) electrons. The average Bonchev–Trinajstić information content (AvgIpc) is 2.77. The molecular weight excluding hydrogens is 400 g/mol. The number of hydrogen-bond donors (Lipinski definition) is 1. The Hall–Kier alpha value is -2.75. The van der Waals surface area contributed by atoms with Gasteiger partial charge in [0.2, 0.25) is 5.12 Å². The number of unbranched alkanes of at least 4 members (excludes halogenated alkanes) is 1. The lowest BCUT2D eigenvalue weighted by Gasteiger charge is -2.28. The van der Waals surface area contributed by atoms with E-state index in [2.05, 4.69) is 0 Å². The van der Waals surface area contributed by atoms with E-state index in [-0.39, 0.29) is 29.5 Å². The Balaban J connectivity index is 1.45. The predicted molar refractivity (Wildman–Crippen MR) is 117 cm³/mol. The van der Waals surface area contributed by atoms with Crippen LogP contribution < -0.4 is 0 Å². The van der Waals surface area contributed by atoms with Crippen molar-refractivity contribution in [3.63, 3.8) is 0 Å². The van der Waals surface area contributed by atoms with Crippen molar-refractivity contribution in [1.82, 2.24) is 0 Å². The Morgan fingerprint density at radius 2 is 2.03 bits per heavy atom. The number of carbonyl (C=O) groups excluding carboxylic acids is 2. The van der Waals surface area contributed by atoms with Gasteiger partial charge >= 0.3 is 5.97 Å². The van der Waals surface area contributed by atoms with Crippen molar-refractivity contribution in [3.8, 4) is 12.3 Å². The molecule has 3 atom stereocenters. The van der Waals surface area contributed by atoms with Gasteiger partial charge in [-0.3, -0.25) is 4.79 Å². The van der Waals surface area contributed by atoms with Crippen molar-refractivity contribution in [2.45, 2.75) is 30.6 Å². The van der Waals surface area contributed by atoms with E-state index in [1.807, 2.05) is 60.6 Å². The first-order chi connectivity index (χ1) is 14.6. The molecule has 5 nitrogen and oxygen atoms in total. The zero-order valence-corrected chi connectivity index (χ0v) is 17.3. The van der Waals surface area contributed by atoms with Crippen LogP contribution in [0.15, 0.2) is 60.4 Å². The van der Waals surface area contributed by atoms with Gasteiger partial charge in [-0.2, -0.15) is 0 Å². The van der Waals surface area contributed by atoms with E-state index in [1.165, 1.54) is 11.8 Å². The van der Waals surface area contributed by atoms with Crippen LogP contribution in [0.1, 0.15) is 24.8 Å². The monoisotopic (exact) mass is 424 g/mol. The maximum absolute atomic E-state index is 12.6. The summed E-state index contributed by atoms with van der Waals surface area (Å²) >= 11 is 1.30. The topological polar surface area (TPSA) is 72.8 Å². The number of ether oxygens (including phenoxy) is 2. The summed E-state index contributed by atoms with van der Waals surface area (Å²) in [4.78, 5) is 23.4. The number of aliphatic hydroxyl groups is 1. The van der Waals surface area contributed by atoms with Crippen LogP contribution >= 0.6 is 11.8 Å². The van der Waals surface area contributed by atoms with Crippen LogP contribution in [0.2, 0.25) is 0 Å². The summed E-state index contributed by atoms with van der Waals surface area (Å²) in [6.45, 7) is 0.415. The maximum Gasteiger partial charge on any atom is 0.384 e. The van der Waals surface area contributed by atoms with Crippen LogP contribution in [-0.2, 0) is 19.1 Å². The average molecular weight is 425 g/mol. The second-order valence-electron chi connectivity index (χ2n) is 7.06. The van der Waals surface area contributed by atoms with E-state index in [9.17, 15) is 14.7 Å². The summed E-state index contributed by atoms with van der Waals surface area (Å²) in [5, 5.41) is 10.1. The molecule has 1 N–H and O–H groups in total. The Labute approximate surface area is 180 Å². The molecule has 1 aromatic rings. The minimum atomic E-state index is -0.669. The summed E-state index contributed by atoms with van der Waals surface area (Å²) in [6.07, 6.45) is 14.0. The molecule has 0 aromatic heterocycles. The van der Waals surface area contributed by atoms with Gasteiger partial charge in [0, 0.05) is 22.7 Å². The zero-order chi connectivity index (χ0) is 21.3. The van der Waals surface area contributed by atoms with Crippen LogP contribution in [0.5, 0.6) is 0 Å². The fourth-order valence-electron chi connectivity index (χ4n) is 3.25. The SMILES string of the molecule is C#CC(=O)OCCCCC(O)COC1=CC2SC(=O)C(c3ccccc3)=CC2C=C1. The lowest BCUT2D eigenvalue weighted by atomic mass is 9.94. The maximum atomic E-state index is 12.6. The number of terminal acetylenes is 1. The first-order valence-corrected chi connectivity index (χ1v) is 10.8. The van der Waals surface area contributed by atoms with E-state index in [4.69, 9.17) is 15.9 Å². The smallest absolute Gasteiger partial charge is 0.384 e. The summed E-state index contributed by atoms with van der Waals surface area (Å²) in [6, 6.07) is 9.68. The molecule has 0 amide bonds. The van der Waals surface area contributed by atoms with Gasteiger partial charge in [-0.1, -0.05) is 54.2 Å². The van der Waals surface area contributed by atoms with Gasteiger partial charge in [0.15, 0.2) is 0 Å². The number of thioether (sulfide) groups is 1.